The zero-order valence-corrected chi connectivity index (χ0v) is 15.1. The predicted octanol–water partition coefficient (Wildman–Crippen LogP) is 4.70. The summed E-state index contributed by atoms with van der Waals surface area (Å²) in [5, 5.41) is 1.44. The number of benzene rings is 2. The molecule has 0 radical (unpaired) electrons. The Morgan fingerprint density at radius 3 is 2.60 bits per heavy atom. The number of carbonyl (C=O) groups is 2. The minimum absolute atomic E-state index is 0.193. The van der Waals surface area contributed by atoms with E-state index in [9.17, 15) is 9.59 Å². The van der Waals surface area contributed by atoms with Crippen LogP contribution in [0.15, 0.2) is 48.5 Å². The van der Waals surface area contributed by atoms with Gasteiger partial charge in [0, 0.05) is 17.0 Å². The van der Waals surface area contributed by atoms with Crippen LogP contribution in [0.25, 0.3) is 10.2 Å². The average Bonchev–Trinajstić information content (AvgIpc) is 3.03. The Labute approximate surface area is 154 Å². The molecule has 0 bridgehead atoms. The van der Waals surface area contributed by atoms with Crippen LogP contribution < -0.4 is 0 Å². The van der Waals surface area contributed by atoms with E-state index >= 15 is 0 Å². The van der Waals surface area contributed by atoms with Gasteiger partial charge < -0.3 is 4.74 Å². The number of thiazole rings is 1. The van der Waals surface area contributed by atoms with Crippen LogP contribution in [0.4, 0.5) is 0 Å². The summed E-state index contributed by atoms with van der Waals surface area (Å²) < 4.78 is 6.34. The summed E-state index contributed by atoms with van der Waals surface area (Å²) in [6.45, 7) is 1.58. The van der Waals surface area contributed by atoms with Crippen molar-refractivity contribution < 1.29 is 14.3 Å². The summed E-state index contributed by atoms with van der Waals surface area (Å²) in [5.41, 5.74) is 1.40. The molecule has 3 aromatic rings. The molecule has 1 atom stereocenters. The van der Waals surface area contributed by atoms with Gasteiger partial charge in [-0.3, -0.25) is 9.59 Å². The van der Waals surface area contributed by atoms with E-state index in [4.69, 9.17) is 16.3 Å². The fraction of sp³-hybridized carbons (Fsp3) is 0.211. The number of nitrogens with zero attached hydrogens (tertiary/aromatic N) is 1. The van der Waals surface area contributed by atoms with Crippen LogP contribution in [0.2, 0.25) is 5.02 Å². The van der Waals surface area contributed by atoms with Crippen LogP contribution in [0.1, 0.15) is 28.7 Å². The Morgan fingerprint density at radius 1 is 1.16 bits per heavy atom. The fourth-order valence-electron chi connectivity index (χ4n) is 2.39. The predicted molar refractivity (Wildman–Crippen MR) is 99.3 cm³/mol. The topological polar surface area (TPSA) is 56.3 Å². The second-order valence-electron chi connectivity index (χ2n) is 5.58. The Hall–Kier alpha value is -2.24. The summed E-state index contributed by atoms with van der Waals surface area (Å²) in [6.07, 6.45) is -0.137. The first-order valence-electron chi connectivity index (χ1n) is 7.86. The van der Waals surface area contributed by atoms with Crippen LogP contribution in [-0.4, -0.2) is 22.8 Å². The van der Waals surface area contributed by atoms with Crippen molar-refractivity contribution in [2.45, 2.75) is 25.9 Å². The number of carbonyl (C=O) groups excluding carboxylic acids is 2. The van der Waals surface area contributed by atoms with Crippen molar-refractivity contribution in [1.29, 1.82) is 0 Å². The van der Waals surface area contributed by atoms with E-state index < -0.39 is 12.1 Å². The SMILES string of the molecule is C[C@H](OC(=O)CCc1nc2ccccc2s1)C(=O)c1ccc(Cl)cc1. The molecule has 6 heteroatoms. The van der Waals surface area contributed by atoms with Crippen molar-refractivity contribution in [2.24, 2.45) is 0 Å². The maximum atomic E-state index is 12.3. The third-order valence-electron chi connectivity index (χ3n) is 3.69. The Balaban J connectivity index is 1.54. The molecule has 0 saturated carbocycles. The summed E-state index contributed by atoms with van der Waals surface area (Å²) in [7, 11) is 0. The van der Waals surface area contributed by atoms with Gasteiger partial charge in [0.2, 0.25) is 5.78 Å². The van der Waals surface area contributed by atoms with E-state index in [0.29, 0.717) is 17.0 Å². The summed E-state index contributed by atoms with van der Waals surface area (Å²) in [5.74, 6) is -0.654. The number of para-hydroxylation sites is 1. The molecule has 0 aliphatic heterocycles. The van der Waals surface area contributed by atoms with Gasteiger partial charge in [0.15, 0.2) is 6.10 Å². The third-order valence-corrected chi connectivity index (χ3v) is 5.04. The molecule has 4 nitrogen and oxygen atoms in total. The highest BCUT2D eigenvalue weighted by Gasteiger charge is 2.19. The van der Waals surface area contributed by atoms with E-state index in [1.165, 1.54) is 0 Å². The van der Waals surface area contributed by atoms with Gasteiger partial charge in [-0.25, -0.2) is 4.98 Å². The maximum absolute atomic E-state index is 12.3. The normalized spacial score (nSPS) is 12.1. The first kappa shape index (κ1) is 17.6. The third kappa shape index (κ3) is 4.44. The number of esters is 1. The first-order valence-corrected chi connectivity index (χ1v) is 9.06. The number of fused-ring (bicyclic) bond motifs is 1. The van der Waals surface area contributed by atoms with Crippen LogP contribution >= 0.6 is 22.9 Å². The lowest BCUT2D eigenvalue weighted by Crippen LogP contribution is -2.24. The molecule has 1 aromatic heterocycles. The van der Waals surface area contributed by atoms with Crippen molar-refractivity contribution in [1.82, 2.24) is 4.98 Å². The molecule has 0 aliphatic rings. The molecule has 0 unspecified atom stereocenters. The van der Waals surface area contributed by atoms with Crippen molar-refractivity contribution in [3.63, 3.8) is 0 Å². The smallest absolute Gasteiger partial charge is 0.306 e. The highest BCUT2D eigenvalue weighted by Crippen LogP contribution is 2.22. The minimum atomic E-state index is -0.830. The molecule has 2 aromatic carbocycles. The van der Waals surface area contributed by atoms with Gasteiger partial charge in [-0.15, -0.1) is 11.3 Å². The number of ketones is 1. The van der Waals surface area contributed by atoms with Crippen molar-refractivity contribution in [3.8, 4) is 0 Å². The number of aromatic nitrogens is 1. The van der Waals surface area contributed by atoms with Crippen LogP contribution in [0.3, 0.4) is 0 Å². The lowest BCUT2D eigenvalue weighted by Gasteiger charge is -2.12. The van der Waals surface area contributed by atoms with E-state index in [1.54, 1.807) is 42.5 Å². The maximum Gasteiger partial charge on any atom is 0.306 e. The van der Waals surface area contributed by atoms with Gasteiger partial charge in [0.1, 0.15) is 0 Å². The molecule has 0 saturated heterocycles. The Kier molecular flexibility index (Phi) is 5.46. The number of rotatable bonds is 6. The lowest BCUT2D eigenvalue weighted by molar-refractivity contribution is -0.146. The highest BCUT2D eigenvalue weighted by atomic mass is 35.5. The van der Waals surface area contributed by atoms with Gasteiger partial charge in [0.05, 0.1) is 21.6 Å². The molecular weight excluding hydrogens is 358 g/mol. The van der Waals surface area contributed by atoms with E-state index in [1.807, 2.05) is 24.3 Å². The van der Waals surface area contributed by atoms with Gasteiger partial charge >= 0.3 is 5.97 Å². The standard InChI is InChI=1S/C19H16ClNO3S/c1-12(19(23)13-6-8-14(20)9-7-13)24-18(22)11-10-17-21-15-4-2-3-5-16(15)25-17/h2-9,12H,10-11H2,1H3/t12-/m0/s1. The van der Waals surface area contributed by atoms with Gasteiger partial charge in [0.25, 0.3) is 0 Å². The molecular formula is C19H16ClNO3S. The van der Waals surface area contributed by atoms with Gasteiger partial charge in [-0.05, 0) is 43.3 Å². The summed E-state index contributed by atoms with van der Waals surface area (Å²) in [4.78, 5) is 28.8. The van der Waals surface area contributed by atoms with Crippen LogP contribution in [0, 0.1) is 0 Å². The van der Waals surface area contributed by atoms with Crippen molar-refractivity contribution in [2.75, 3.05) is 0 Å². The van der Waals surface area contributed by atoms with Crippen LogP contribution in [-0.2, 0) is 16.0 Å². The quantitative estimate of drug-likeness (QED) is 0.464. The number of halogens is 1. The lowest BCUT2D eigenvalue weighted by atomic mass is 10.1. The number of hydrogen-bond donors (Lipinski definition) is 0. The van der Waals surface area contributed by atoms with Crippen molar-refractivity contribution in [3.05, 3.63) is 64.1 Å². The molecule has 3 rings (SSSR count). The molecule has 0 aliphatic carbocycles. The molecule has 1 heterocycles. The van der Waals surface area contributed by atoms with E-state index in [-0.39, 0.29) is 12.2 Å². The summed E-state index contributed by atoms with van der Waals surface area (Å²) in [6, 6.07) is 14.4. The second-order valence-corrected chi connectivity index (χ2v) is 7.13. The van der Waals surface area contributed by atoms with Gasteiger partial charge in [-0.1, -0.05) is 23.7 Å². The molecule has 0 spiro atoms. The van der Waals surface area contributed by atoms with Crippen LogP contribution in [0.5, 0.6) is 0 Å². The van der Waals surface area contributed by atoms with Gasteiger partial charge in [-0.2, -0.15) is 0 Å². The largest absolute Gasteiger partial charge is 0.454 e. The number of ether oxygens (including phenoxy) is 1. The zero-order chi connectivity index (χ0) is 17.8. The molecule has 0 amide bonds. The monoisotopic (exact) mass is 373 g/mol. The minimum Gasteiger partial charge on any atom is -0.454 e. The first-order chi connectivity index (χ1) is 12.0. The number of aryl methyl sites for hydroxylation is 1. The Bertz CT molecular complexity index is 871. The van der Waals surface area contributed by atoms with E-state index in [0.717, 1.165) is 15.2 Å². The highest BCUT2D eigenvalue weighted by molar-refractivity contribution is 7.18. The summed E-state index contributed by atoms with van der Waals surface area (Å²) >= 11 is 7.37. The molecule has 0 fully saturated rings. The fourth-order valence-corrected chi connectivity index (χ4v) is 3.49. The number of Topliss-reactive ketones (excluding diaryl/α,β-unsaturated/α-hetero) is 1. The average molecular weight is 374 g/mol. The Morgan fingerprint density at radius 2 is 1.88 bits per heavy atom. The molecule has 25 heavy (non-hydrogen) atoms. The molecule has 128 valence electrons. The second kappa shape index (κ2) is 7.76. The zero-order valence-electron chi connectivity index (χ0n) is 13.6. The van der Waals surface area contributed by atoms with Crippen molar-refractivity contribution >= 4 is 44.9 Å². The molecule has 0 N–H and O–H groups in total. The number of hydrogen-bond acceptors (Lipinski definition) is 5. The van der Waals surface area contributed by atoms with E-state index in [2.05, 4.69) is 4.98 Å².